The number of aromatic nitrogens is 1. The van der Waals surface area contributed by atoms with Gasteiger partial charge in [-0.15, -0.1) is 0 Å². The standard InChI is InChI=1S/C21H19N3O2/c1-16-4-6-17(7-5-16)15-26-20-10-8-19(9-11-20)21(25)24-23-14-18-3-2-12-22-13-18/h2-14H,15H2,1H3,(H,24,25)/b23-14+. The quantitative estimate of drug-likeness (QED) is 0.547. The van der Waals surface area contributed by atoms with Crippen LogP contribution in [-0.2, 0) is 6.61 Å². The Morgan fingerprint density at radius 1 is 1.12 bits per heavy atom. The summed E-state index contributed by atoms with van der Waals surface area (Å²) in [6.07, 6.45) is 4.89. The number of benzene rings is 2. The summed E-state index contributed by atoms with van der Waals surface area (Å²) in [5.41, 5.74) is 6.13. The van der Waals surface area contributed by atoms with Crippen molar-refractivity contribution in [2.75, 3.05) is 0 Å². The Kier molecular flexibility index (Phi) is 5.72. The van der Waals surface area contributed by atoms with E-state index in [1.54, 1.807) is 48.9 Å². The number of hydrazone groups is 1. The fourth-order valence-electron chi connectivity index (χ4n) is 2.24. The SMILES string of the molecule is Cc1ccc(COc2ccc(C(=O)N/N=C/c3cccnc3)cc2)cc1. The van der Waals surface area contributed by atoms with E-state index in [1.807, 2.05) is 18.2 Å². The number of pyridine rings is 1. The number of nitrogens with zero attached hydrogens (tertiary/aromatic N) is 2. The van der Waals surface area contributed by atoms with Gasteiger partial charge in [-0.05, 0) is 42.8 Å². The first kappa shape index (κ1) is 17.4. The van der Waals surface area contributed by atoms with Gasteiger partial charge in [0.25, 0.3) is 5.91 Å². The van der Waals surface area contributed by atoms with E-state index < -0.39 is 0 Å². The molecule has 0 bridgehead atoms. The predicted octanol–water partition coefficient (Wildman–Crippen LogP) is 3.73. The molecule has 0 unspecified atom stereocenters. The van der Waals surface area contributed by atoms with Crippen molar-refractivity contribution < 1.29 is 9.53 Å². The van der Waals surface area contributed by atoms with Crippen molar-refractivity contribution in [3.05, 3.63) is 95.3 Å². The van der Waals surface area contributed by atoms with E-state index in [0.29, 0.717) is 17.9 Å². The van der Waals surface area contributed by atoms with Crippen molar-refractivity contribution in [1.29, 1.82) is 0 Å². The molecular weight excluding hydrogens is 326 g/mol. The zero-order valence-electron chi connectivity index (χ0n) is 14.4. The first-order valence-electron chi connectivity index (χ1n) is 8.22. The highest BCUT2D eigenvalue weighted by Crippen LogP contribution is 2.14. The van der Waals surface area contributed by atoms with Gasteiger partial charge in [-0.25, -0.2) is 5.43 Å². The van der Waals surface area contributed by atoms with Gasteiger partial charge in [0.1, 0.15) is 12.4 Å². The Hall–Kier alpha value is -3.47. The van der Waals surface area contributed by atoms with Crippen LogP contribution in [0.4, 0.5) is 0 Å². The second-order valence-electron chi connectivity index (χ2n) is 5.78. The van der Waals surface area contributed by atoms with Gasteiger partial charge in [0.15, 0.2) is 0 Å². The van der Waals surface area contributed by atoms with Crippen LogP contribution in [0.5, 0.6) is 5.75 Å². The monoisotopic (exact) mass is 345 g/mol. The summed E-state index contributed by atoms with van der Waals surface area (Å²) in [6, 6.07) is 18.8. The van der Waals surface area contributed by atoms with Crippen LogP contribution in [0.15, 0.2) is 78.2 Å². The topological polar surface area (TPSA) is 63.6 Å². The molecule has 1 N–H and O–H groups in total. The number of hydrogen-bond donors (Lipinski definition) is 1. The molecule has 3 aromatic rings. The summed E-state index contributed by atoms with van der Waals surface area (Å²) in [7, 11) is 0. The van der Waals surface area contributed by atoms with E-state index in [2.05, 4.69) is 34.6 Å². The third kappa shape index (κ3) is 5.01. The molecule has 130 valence electrons. The van der Waals surface area contributed by atoms with Gasteiger partial charge < -0.3 is 4.74 Å². The maximum atomic E-state index is 12.1. The number of aryl methyl sites for hydroxylation is 1. The fourth-order valence-corrected chi connectivity index (χ4v) is 2.24. The second kappa shape index (κ2) is 8.58. The minimum absolute atomic E-state index is 0.282. The second-order valence-corrected chi connectivity index (χ2v) is 5.78. The molecule has 0 spiro atoms. The molecule has 0 saturated carbocycles. The van der Waals surface area contributed by atoms with Gasteiger partial charge in [-0.3, -0.25) is 9.78 Å². The van der Waals surface area contributed by atoms with Crippen molar-refractivity contribution in [3.8, 4) is 5.75 Å². The molecule has 1 aromatic heterocycles. The highest BCUT2D eigenvalue weighted by molar-refractivity contribution is 5.94. The average Bonchev–Trinajstić information content (AvgIpc) is 2.69. The highest BCUT2D eigenvalue weighted by atomic mass is 16.5. The fraction of sp³-hybridized carbons (Fsp3) is 0.0952. The third-order valence-corrected chi connectivity index (χ3v) is 3.71. The van der Waals surface area contributed by atoms with Gasteiger partial charge in [-0.2, -0.15) is 5.10 Å². The molecule has 1 amide bonds. The van der Waals surface area contributed by atoms with Crippen LogP contribution in [-0.4, -0.2) is 17.1 Å². The molecule has 2 aromatic carbocycles. The molecule has 0 saturated heterocycles. The van der Waals surface area contributed by atoms with Crippen molar-refractivity contribution >= 4 is 12.1 Å². The Morgan fingerprint density at radius 3 is 2.58 bits per heavy atom. The summed E-state index contributed by atoms with van der Waals surface area (Å²) < 4.78 is 5.74. The van der Waals surface area contributed by atoms with Crippen LogP contribution < -0.4 is 10.2 Å². The van der Waals surface area contributed by atoms with Crippen LogP contribution in [0.1, 0.15) is 27.0 Å². The van der Waals surface area contributed by atoms with Crippen molar-refractivity contribution in [3.63, 3.8) is 0 Å². The number of carbonyl (C=O) groups excluding carboxylic acids is 1. The van der Waals surface area contributed by atoms with Crippen LogP contribution in [0.2, 0.25) is 0 Å². The Labute approximate surface area is 152 Å². The summed E-state index contributed by atoms with van der Waals surface area (Å²) in [6.45, 7) is 2.54. The maximum absolute atomic E-state index is 12.1. The molecule has 0 aliphatic rings. The summed E-state index contributed by atoms with van der Waals surface area (Å²) >= 11 is 0. The number of carbonyl (C=O) groups is 1. The number of nitrogens with one attached hydrogen (secondary N) is 1. The van der Waals surface area contributed by atoms with E-state index in [9.17, 15) is 4.79 Å². The lowest BCUT2D eigenvalue weighted by Crippen LogP contribution is -2.17. The lowest BCUT2D eigenvalue weighted by atomic mass is 10.2. The van der Waals surface area contributed by atoms with E-state index in [0.717, 1.165) is 11.1 Å². The summed E-state index contributed by atoms with van der Waals surface area (Å²) in [5, 5.41) is 3.93. The van der Waals surface area contributed by atoms with Gasteiger partial charge in [0, 0.05) is 23.5 Å². The smallest absolute Gasteiger partial charge is 0.271 e. The molecule has 26 heavy (non-hydrogen) atoms. The molecule has 0 radical (unpaired) electrons. The Bertz CT molecular complexity index is 873. The molecule has 3 rings (SSSR count). The number of ether oxygens (including phenoxy) is 1. The molecule has 5 heteroatoms. The van der Waals surface area contributed by atoms with Crippen molar-refractivity contribution in [2.45, 2.75) is 13.5 Å². The lowest BCUT2D eigenvalue weighted by molar-refractivity contribution is 0.0955. The zero-order valence-corrected chi connectivity index (χ0v) is 14.4. The van der Waals surface area contributed by atoms with Gasteiger partial charge >= 0.3 is 0 Å². The summed E-state index contributed by atoms with van der Waals surface area (Å²) in [5.74, 6) is 0.427. The lowest BCUT2D eigenvalue weighted by Gasteiger charge is -2.07. The first-order valence-corrected chi connectivity index (χ1v) is 8.22. The third-order valence-electron chi connectivity index (χ3n) is 3.71. The minimum Gasteiger partial charge on any atom is -0.489 e. The van der Waals surface area contributed by atoms with E-state index in [1.165, 1.54) is 5.56 Å². The number of rotatable bonds is 6. The van der Waals surface area contributed by atoms with Gasteiger partial charge in [0.2, 0.25) is 0 Å². The maximum Gasteiger partial charge on any atom is 0.271 e. The van der Waals surface area contributed by atoms with Crippen LogP contribution >= 0.6 is 0 Å². The Balaban J connectivity index is 1.52. The molecule has 0 atom stereocenters. The van der Waals surface area contributed by atoms with E-state index in [-0.39, 0.29) is 5.91 Å². The molecule has 5 nitrogen and oxygen atoms in total. The molecule has 1 heterocycles. The molecule has 0 aliphatic heterocycles. The van der Waals surface area contributed by atoms with Crippen molar-refractivity contribution in [2.24, 2.45) is 5.10 Å². The largest absolute Gasteiger partial charge is 0.489 e. The minimum atomic E-state index is -0.282. The molecule has 0 fully saturated rings. The van der Waals surface area contributed by atoms with Crippen molar-refractivity contribution in [1.82, 2.24) is 10.4 Å². The number of hydrogen-bond acceptors (Lipinski definition) is 4. The average molecular weight is 345 g/mol. The van der Waals surface area contributed by atoms with Gasteiger partial charge in [-0.1, -0.05) is 35.9 Å². The van der Waals surface area contributed by atoms with Crippen LogP contribution in [0.3, 0.4) is 0 Å². The molecule has 0 aliphatic carbocycles. The van der Waals surface area contributed by atoms with E-state index >= 15 is 0 Å². The summed E-state index contributed by atoms with van der Waals surface area (Å²) in [4.78, 5) is 16.1. The van der Waals surface area contributed by atoms with Gasteiger partial charge in [0.05, 0.1) is 6.21 Å². The number of amides is 1. The first-order chi connectivity index (χ1) is 12.7. The predicted molar refractivity (Wildman–Crippen MR) is 101 cm³/mol. The van der Waals surface area contributed by atoms with Crippen LogP contribution in [0, 0.1) is 6.92 Å². The highest BCUT2D eigenvalue weighted by Gasteiger charge is 2.04. The molecular formula is C21H19N3O2. The van der Waals surface area contributed by atoms with Crippen LogP contribution in [0.25, 0.3) is 0 Å². The zero-order chi connectivity index (χ0) is 18.2. The Morgan fingerprint density at radius 2 is 1.88 bits per heavy atom. The normalized spacial score (nSPS) is 10.7. The van der Waals surface area contributed by atoms with E-state index in [4.69, 9.17) is 4.74 Å².